The minimum Gasteiger partial charge on any atom is -0.478 e. The van der Waals surface area contributed by atoms with E-state index >= 15 is 0 Å². The van der Waals surface area contributed by atoms with Crippen LogP contribution < -0.4 is 5.56 Å². The standard InChI is InChI=1S/C10H13NO3S/c1-2-15-6-5-11-4-3-8(10(13)14)7-9(11)12/h3-4,7H,2,5-6H2,1H3,(H,13,14). The van der Waals surface area contributed by atoms with Crippen LogP contribution in [0.5, 0.6) is 0 Å². The van der Waals surface area contributed by atoms with Crippen LogP contribution in [0.4, 0.5) is 0 Å². The lowest BCUT2D eigenvalue weighted by Gasteiger charge is -2.04. The number of aromatic carboxylic acids is 1. The van der Waals surface area contributed by atoms with Crippen molar-refractivity contribution in [2.24, 2.45) is 0 Å². The Kier molecular flexibility index (Phi) is 4.42. The fourth-order valence-corrected chi connectivity index (χ4v) is 1.75. The highest BCUT2D eigenvalue weighted by atomic mass is 32.2. The Bertz CT molecular complexity index is 400. The molecule has 0 bridgehead atoms. The second kappa shape index (κ2) is 5.60. The summed E-state index contributed by atoms with van der Waals surface area (Å²) in [5, 5.41) is 8.66. The summed E-state index contributed by atoms with van der Waals surface area (Å²) < 4.78 is 1.52. The minimum atomic E-state index is -1.07. The maximum atomic E-state index is 11.4. The quantitative estimate of drug-likeness (QED) is 0.770. The fourth-order valence-electron chi connectivity index (χ4n) is 1.13. The van der Waals surface area contributed by atoms with Crippen LogP contribution in [-0.2, 0) is 6.54 Å². The van der Waals surface area contributed by atoms with Crippen LogP contribution >= 0.6 is 11.8 Å². The SMILES string of the molecule is CCSCCn1ccc(C(=O)O)cc1=O. The summed E-state index contributed by atoms with van der Waals surface area (Å²) in [6.07, 6.45) is 1.53. The molecule has 0 radical (unpaired) electrons. The highest BCUT2D eigenvalue weighted by Gasteiger charge is 2.04. The van der Waals surface area contributed by atoms with Crippen LogP contribution in [-0.4, -0.2) is 27.1 Å². The highest BCUT2D eigenvalue weighted by Crippen LogP contribution is 2.00. The first-order valence-corrected chi connectivity index (χ1v) is 5.82. The molecule has 1 rings (SSSR count). The second-order valence-electron chi connectivity index (χ2n) is 2.95. The third-order valence-electron chi connectivity index (χ3n) is 1.92. The Morgan fingerprint density at radius 2 is 2.33 bits per heavy atom. The van der Waals surface area contributed by atoms with Gasteiger partial charge in [0.25, 0.3) is 5.56 Å². The molecular weight excluding hydrogens is 214 g/mol. The molecule has 0 amide bonds. The van der Waals surface area contributed by atoms with E-state index in [4.69, 9.17) is 5.11 Å². The predicted octanol–water partition coefficient (Wildman–Crippen LogP) is 1.30. The molecule has 0 spiro atoms. The van der Waals surface area contributed by atoms with Crippen molar-refractivity contribution in [3.63, 3.8) is 0 Å². The van der Waals surface area contributed by atoms with Gasteiger partial charge in [0.05, 0.1) is 5.56 Å². The summed E-state index contributed by atoms with van der Waals surface area (Å²) >= 11 is 1.75. The molecular formula is C10H13NO3S. The lowest BCUT2D eigenvalue weighted by molar-refractivity contribution is 0.0696. The molecule has 0 saturated heterocycles. The Morgan fingerprint density at radius 1 is 1.60 bits per heavy atom. The number of thioether (sulfide) groups is 1. The van der Waals surface area contributed by atoms with Gasteiger partial charge in [-0.15, -0.1) is 0 Å². The van der Waals surface area contributed by atoms with E-state index in [1.807, 2.05) is 0 Å². The lowest BCUT2D eigenvalue weighted by Crippen LogP contribution is -2.21. The molecule has 15 heavy (non-hydrogen) atoms. The molecule has 0 aromatic carbocycles. The first-order valence-electron chi connectivity index (χ1n) is 4.66. The number of rotatable bonds is 5. The van der Waals surface area contributed by atoms with Crippen molar-refractivity contribution in [1.82, 2.24) is 4.57 Å². The molecule has 82 valence electrons. The molecule has 1 heterocycles. The third kappa shape index (κ3) is 3.43. The zero-order valence-corrected chi connectivity index (χ0v) is 9.29. The predicted molar refractivity (Wildman–Crippen MR) is 60.7 cm³/mol. The molecule has 0 atom stereocenters. The van der Waals surface area contributed by atoms with Crippen LogP contribution in [0, 0.1) is 0 Å². The molecule has 0 aliphatic carbocycles. The average Bonchev–Trinajstić information content (AvgIpc) is 2.20. The van der Waals surface area contributed by atoms with Crippen LogP contribution in [0.2, 0.25) is 0 Å². The number of aryl methyl sites for hydroxylation is 1. The lowest BCUT2D eigenvalue weighted by atomic mass is 10.3. The zero-order valence-electron chi connectivity index (χ0n) is 8.47. The molecule has 0 saturated carbocycles. The number of hydrogen-bond donors (Lipinski definition) is 1. The van der Waals surface area contributed by atoms with Gasteiger partial charge >= 0.3 is 5.97 Å². The van der Waals surface area contributed by atoms with Gasteiger partial charge in [-0.1, -0.05) is 6.92 Å². The first kappa shape index (κ1) is 11.8. The summed E-state index contributed by atoms with van der Waals surface area (Å²) in [5.74, 6) is 0.812. The largest absolute Gasteiger partial charge is 0.478 e. The van der Waals surface area contributed by atoms with Gasteiger partial charge in [0.15, 0.2) is 0 Å². The van der Waals surface area contributed by atoms with Gasteiger partial charge in [0.1, 0.15) is 0 Å². The zero-order chi connectivity index (χ0) is 11.3. The van der Waals surface area contributed by atoms with Crippen LogP contribution in [0.15, 0.2) is 23.1 Å². The van der Waals surface area contributed by atoms with Crippen molar-refractivity contribution in [2.75, 3.05) is 11.5 Å². The molecule has 1 aromatic rings. The third-order valence-corrected chi connectivity index (χ3v) is 2.80. The summed E-state index contributed by atoms with van der Waals surface area (Å²) in [6.45, 7) is 2.68. The van der Waals surface area contributed by atoms with Crippen molar-refractivity contribution in [3.8, 4) is 0 Å². The van der Waals surface area contributed by atoms with Crippen molar-refractivity contribution in [2.45, 2.75) is 13.5 Å². The number of carboxylic acids is 1. The van der Waals surface area contributed by atoms with Gasteiger partial charge < -0.3 is 9.67 Å². The number of carboxylic acid groups (broad SMARTS) is 1. The Morgan fingerprint density at radius 3 is 2.87 bits per heavy atom. The Balaban J connectivity index is 2.75. The van der Waals surface area contributed by atoms with E-state index in [9.17, 15) is 9.59 Å². The molecule has 0 unspecified atom stereocenters. The smallest absolute Gasteiger partial charge is 0.335 e. The normalized spacial score (nSPS) is 10.2. The van der Waals surface area contributed by atoms with Crippen molar-refractivity contribution < 1.29 is 9.90 Å². The number of hydrogen-bond acceptors (Lipinski definition) is 3. The number of carbonyl (C=O) groups is 1. The summed E-state index contributed by atoms with van der Waals surface area (Å²) in [7, 11) is 0. The molecule has 0 fully saturated rings. The van der Waals surface area contributed by atoms with E-state index in [0.717, 1.165) is 17.6 Å². The maximum Gasteiger partial charge on any atom is 0.335 e. The van der Waals surface area contributed by atoms with E-state index in [1.165, 1.54) is 16.8 Å². The monoisotopic (exact) mass is 227 g/mol. The van der Waals surface area contributed by atoms with Crippen molar-refractivity contribution >= 4 is 17.7 Å². The van der Waals surface area contributed by atoms with E-state index in [2.05, 4.69) is 6.92 Å². The van der Waals surface area contributed by atoms with Gasteiger partial charge in [-0.3, -0.25) is 4.79 Å². The second-order valence-corrected chi connectivity index (χ2v) is 4.34. The van der Waals surface area contributed by atoms with E-state index in [0.29, 0.717) is 6.54 Å². The fraction of sp³-hybridized carbons (Fsp3) is 0.400. The Hall–Kier alpha value is -1.23. The van der Waals surface area contributed by atoms with Gasteiger partial charge in [-0.05, 0) is 11.8 Å². The highest BCUT2D eigenvalue weighted by molar-refractivity contribution is 7.99. The van der Waals surface area contributed by atoms with E-state index < -0.39 is 5.97 Å². The van der Waals surface area contributed by atoms with Crippen molar-refractivity contribution in [3.05, 3.63) is 34.2 Å². The number of pyridine rings is 1. The minimum absolute atomic E-state index is 0.0411. The van der Waals surface area contributed by atoms with Gasteiger partial charge in [-0.25, -0.2) is 4.79 Å². The maximum absolute atomic E-state index is 11.4. The topological polar surface area (TPSA) is 59.3 Å². The first-order chi connectivity index (χ1) is 7.15. The van der Waals surface area contributed by atoms with Crippen molar-refractivity contribution in [1.29, 1.82) is 0 Å². The molecule has 1 aromatic heterocycles. The molecule has 0 aliphatic heterocycles. The average molecular weight is 227 g/mol. The van der Waals surface area contributed by atoms with Crippen LogP contribution in [0.1, 0.15) is 17.3 Å². The number of nitrogens with zero attached hydrogens (tertiary/aromatic N) is 1. The number of aromatic nitrogens is 1. The van der Waals surface area contributed by atoms with Gasteiger partial charge in [0, 0.05) is 24.6 Å². The molecule has 4 nitrogen and oxygen atoms in total. The van der Waals surface area contributed by atoms with Gasteiger partial charge in [0.2, 0.25) is 0 Å². The van der Waals surface area contributed by atoms with Gasteiger partial charge in [-0.2, -0.15) is 11.8 Å². The summed E-state index contributed by atoms with van der Waals surface area (Å²) in [6, 6.07) is 2.60. The molecule has 5 heteroatoms. The van der Waals surface area contributed by atoms with E-state index in [-0.39, 0.29) is 11.1 Å². The summed E-state index contributed by atoms with van der Waals surface area (Å²) in [5.41, 5.74) is -0.217. The van der Waals surface area contributed by atoms with Crippen LogP contribution in [0.3, 0.4) is 0 Å². The molecule has 1 N–H and O–H groups in total. The van der Waals surface area contributed by atoms with Crippen LogP contribution in [0.25, 0.3) is 0 Å². The van der Waals surface area contributed by atoms with E-state index in [1.54, 1.807) is 11.8 Å². The Labute approximate surface area is 91.9 Å². The summed E-state index contributed by atoms with van der Waals surface area (Å²) in [4.78, 5) is 22.0. The molecule has 0 aliphatic rings.